The lowest BCUT2D eigenvalue weighted by molar-refractivity contribution is 0.0674. The number of carbonyl (C=O) groups excluding carboxylic acids is 1. The first-order valence-corrected chi connectivity index (χ1v) is 10.1. The summed E-state index contributed by atoms with van der Waals surface area (Å²) in [5.74, 6) is -1.33. The molecule has 2 aromatic heterocycles. The molecule has 1 aliphatic heterocycles. The minimum Gasteiger partial charge on any atom is -0.330 e. The molecule has 0 saturated heterocycles. The number of aromatic nitrogens is 3. The first-order valence-electron chi connectivity index (χ1n) is 10.1. The summed E-state index contributed by atoms with van der Waals surface area (Å²) in [5.41, 5.74) is 3.40. The summed E-state index contributed by atoms with van der Waals surface area (Å²) in [6, 6.07) is 10.7. The van der Waals surface area contributed by atoms with Crippen molar-refractivity contribution >= 4 is 16.7 Å². The second kappa shape index (κ2) is 7.27. The van der Waals surface area contributed by atoms with Crippen molar-refractivity contribution in [1.29, 1.82) is 0 Å². The normalized spacial score (nSPS) is 15.9. The Hall–Kier alpha value is -3.61. The van der Waals surface area contributed by atoms with E-state index in [2.05, 4.69) is 10.1 Å². The maximum Gasteiger partial charge on any atom is 0.254 e. The molecule has 5 nitrogen and oxygen atoms in total. The third-order valence-electron chi connectivity index (χ3n) is 5.93. The van der Waals surface area contributed by atoms with E-state index in [1.165, 1.54) is 12.1 Å². The van der Waals surface area contributed by atoms with Crippen molar-refractivity contribution in [3.05, 3.63) is 83.3 Å². The molecular weight excluding hydrogens is 398 g/mol. The number of aryl methyl sites for hydroxylation is 1. The number of nitrogens with zero attached hydrogens (tertiary/aromatic N) is 4. The maximum atomic E-state index is 13.8. The highest BCUT2D eigenvalue weighted by molar-refractivity contribution is 5.98. The molecule has 1 unspecified atom stereocenters. The third kappa shape index (κ3) is 3.26. The van der Waals surface area contributed by atoms with Gasteiger partial charge in [0, 0.05) is 54.1 Å². The van der Waals surface area contributed by atoms with Crippen LogP contribution in [-0.4, -0.2) is 32.1 Å². The fraction of sp³-hybridized carbons (Fsp3) is 0.208. The van der Waals surface area contributed by atoms with Gasteiger partial charge in [-0.1, -0.05) is 6.07 Å². The fourth-order valence-electron chi connectivity index (χ4n) is 4.46. The zero-order chi connectivity index (χ0) is 21.7. The van der Waals surface area contributed by atoms with E-state index >= 15 is 0 Å². The molecule has 0 bridgehead atoms. The summed E-state index contributed by atoms with van der Waals surface area (Å²) in [5, 5.41) is 6.55. The largest absolute Gasteiger partial charge is 0.330 e. The molecule has 156 valence electrons. The van der Waals surface area contributed by atoms with Crippen LogP contribution in [0.1, 0.15) is 34.6 Å². The Bertz CT molecular complexity index is 1310. The molecule has 7 heteroatoms. The van der Waals surface area contributed by atoms with Gasteiger partial charge >= 0.3 is 0 Å². The van der Waals surface area contributed by atoms with Gasteiger partial charge in [0.15, 0.2) is 0 Å². The highest BCUT2D eigenvalue weighted by Gasteiger charge is 2.33. The molecule has 1 amide bonds. The van der Waals surface area contributed by atoms with E-state index < -0.39 is 11.6 Å². The van der Waals surface area contributed by atoms with Gasteiger partial charge in [-0.3, -0.25) is 14.5 Å². The molecule has 0 fully saturated rings. The monoisotopic (exact) mass is 418 g/mol. The van der Waals surface area contributed by atoms with Gasteiger partial charge in [0.05, 0.1) is 17.4 Å². The van der Waals surface area contributed by atoms with Crippen molar-refractivity contribution in [2.45, 2.75) is 19.4 Å². The Kier molecular flexibility index (Phi) is 4.54. The molecule has 1 aliphatic rings. The molecule has 0 N–H and O–H groups in total. The van der Waals surface area contributed by atoms with E-state index in [1.54, 1.807) is 29.0 Å². The molecule has 31 heavy (non-hydrogen) atoms. The van der Waals surface area contributed by atoms with Gasteiger partial charge in [-0.25, -0.2) is 8.78 Å². The first-order chi connectivity index (χ1) is 14.9. The predicted octanol–water partition coefficient (Wildman–Crippen LogP) is 4.67. The lowest BCUT2D eigenvalue weighted by Gasteiger charge is -2.33. The van der Waals surface area contributed by atoms with Crippen LogP contribution >= 0.6 is 0 Å². The number of pyridine rings is 1. The molecule has 1 atom stereocenters. The van der Waals surface area contributed by atoms with Gasteiger partial charge in [0.25, 0.3) is 5.91 Å². The van der Waals surface area contributed by atoms with Crippen LogP contribution in [0.25, 0.3) is 22.0 Å². The quantitative estimate of drug-likeness (QED) is 0.475. The molecule has 4 aromatic rings. The Labute approximate surface area is 177 Å². The lowest BCUT2D eigenvalue weighted by atomic mass is 9.95. The second-order valence-corrected chi connectivity index (χ2v) is 7.86. The number of amides is 1. The first kappa shape index (κ1) is 19.4. The highest BCUT2D eigenvalue weighted by Crippen LogP contribution is 2.36. The third-order valence-corrected chi connectivity index (χ3v) is 5.93. The number of hydrogen-bond acceptors (Lipinski definition) is 3. The minimum absolute atomic E-state index is 0.0760. The Morgan fingerprint density at radius 3 is 2.61 bits per heavy atom. The van der Waals surface area contributed by atoms with Gasteiger partial charge in [0.2, 0.25) is 0 Å². The average molecular weight is 418 g/mol. The molecule has 5 rings (SSSR count). The van der Waals surface area contributed by atoms with Crippen LogP contribution in [0, 0.1) is 11.6 Å². The van der Waals surface area contributed by atoms with E-state index in [4.69, 9.17) is 0 Å². The summed E-state index contributed by atoms with van der Waals surface area (Å²) in [6.45, 7) is 2.43. The summed E-state index contributed by atoms with van der Waals surface area (Å²) >= 11 is 0. The number of halogens is 2. The smallest absolute Gasteiger partial charge is 0.254 e. The van der Waals surface area contributed by atoms with Gasteiger partial charge in [-0.15, -0.1) is 0 Å². The van der Waals surface area contributed by atoms with Crippen LogP contribution < -0.4 is 0 Å². The summed E-state index contributed by atoms with van der Waals surface area (Å²) < 4.78 is 29.2. The second-order valence-electron chi connectivity index (χ2n) is 7.86. The van der Waals surface area contributed by atoms with Crippen molar-refractivity contribution in [1.82, 2.24) is 19.7 Å². The van der Waals surface area contributed by atoms with Crippen molar-refractivity contribution in [2.24, 2.45) is 7.05 Å². The lowest BCUT2D eigenvalue weighted by Crippen LogP contribution is -2.38. The fourth-order valence-corrected chi connectivity index (χ4v) is 4.46. The molecule has 0 spiro atoms. The summed E-state index contributed by atoms with van der Waals surface area (Å²) in [4.78, 5) is 19.2. The van der Waals surface area contributed by atoms with E-state index in [9.17, 15) is 13.6 Å². The van der Waals surface area contributed by atoms with Crippen LogP contribution in [0.3, 0.4) is 0 Å². The number of carbonyl (C=O) groups is 1. The standard InChI is InChI=1S/C24H20F2N4O/c1-14-22-21(23(29(2)28-22)17-10-19(25)12-20(26)11-17)6-8-30(14)24(31)16-4-3-15-5-7-27-13-18(15)9-16/h3-5,7,9-14H,6,8H2,1-2H3. The average Bonchev–Trinajstić information content (AvgIpc) is 3.09. The number of rotatable bonds is 2. The van der Waals surface area contributed by atoms with Crippen LogP contribution in [-0.2, 0) is 13.5 Å². The van der Waals surface area contributed by atoms with Crippen LogP contribution in [0.15, 0.2) is 54.9 Å². The molecule has 2 aromatic carbocycles. The van der Waals surface area contributed by atoms with Crippen molar-refractivity contribution in [2.75, 3.05) is 6.54 Å². The zero-order valence-electron chi connectivity index (χ0n) is 17.1. The van der Waals surface area contributed by atoms with Gasteiger partial charge in [0.1, 0.15) is 11.6 Å². The number of fused-ring (bicyclic) bond motifs is 2. The molecule has 0 aliphatic carbocycles. The molecule has 0 radical (unpaired) electrons. The van der Waals surface area contributed by atoms with Gasteiger partial charge in [-0.05, 0) is 49.1 Å². The Morgan fingerprint density at radius 2 is 1.84 bits per heavy atom. The van der Waals surface area contributed by atoms with Crippen molar-refractivity contribution < 1.29 is 13.6 Å². The topological polar surface area (TPSA) is 51.0 Å². The summed E-state index contributed by atoms with van der Waals surface area (Å²) in [7, 11) is 1.76. The molecule has 3 heterocycles. The van der Waals surface area contributed by atoms with Crippen molar-refractivity contribution in [3.63, 3.8) is 0 Å². The number of benzene rings is 2. The summed E-state index contributed by atoms with van der Waals surface area (Å²) in [6.07, 6.45) is 4.02. The SMILES string of the molecule is CC1c2nn(C)c(-c3cc(F)cc(F)c3)c2CCN1C(=O)c1ccc2ccncc2c1. The van der Waals surface area contributed by atoms with E-state index in [1.807, 2.05) is 31.2 Å². The molecular formula is C24H20F2N4O. The van der Waals surface area contributed by atoms with E-state index in [0.717, 1.165) is 28.1 Å². The van der Waals surface area contributed by atoms with Gasteiger partial charge in [-0.2, -0.15) is 5.10 Å². The van der Waals surface area contributed by atoms with Crippen LogP contribution in [0.2, 0.25) is 0 Å². The maximum absolute atomic E-state index is 13.8. The van der Waals surface area contributed by atoms with Crippen LogP contribution in [0.5, 0.6) is 0 Å². The number of hydrogen-bond donors (Lipinski definition) is 0. The van der Waals surface area contributed by atoms with Crippen LogP contribution in [0.4, 0.5) is 8.78 Å². The van der Waals surface area contributed by atoms with E-state index in [0.29, 0.717) is 29.8 Å². The Balaban J connectivity index is 1.50. The highest BCUT2D eigenvalue weighted by atomic mass is 19.1. The Morgan fingerprint density at radius 1 is 1.06 bits per heavy atom. The minimum atomic E-state index is -0.628. The van der Waals surface area contributed by atoms with Crippen molar-refractivity contribution in [3.8, 4) is 11.3 Å². The predicted molar refractivity (Wildman–Crippen MR) is 113 cm³/mol. The zero-order valence-corrected chi connectivity index (χ0v) is 17.1. The molecule has 0 saturated carbocycles. The van der Waals surface area contributed by atoms with E-state index in [-0.39, 0.29) is 11.9 Å². The van der Waals surface area contributed by atoms with Gasteiger partial charge < -0.3 is 4.90 Å².